The van der Waals surface area contributed by atoms with Gasteiger partial charge >= 0.3 is 0 Å². The van der Waals surface area contributed by atoms with Gasteiger partial charge in [-0.15, -0.1) is 0 Å². The molecule has 0 aromatic carbocycles. The van der Waals surface area contributed by atoms with Crippen LogP contribution in [0, 0.1) is 0 Å². The van der Waals surface area contributed by atoms with Gasteiger partial charge in [-0.25, -0.2) is 4.98 Å². The zero-order valence-electron chi connectivity index (χ0n) is 10.9. The molecule has 2 heterocycles. The van der Waals surface area contributed by atoms with Gasteiger partial charge < -0.3 is 10.6 Å². The predicted molar refractivity (Wildman–Crippen MR) is 80.0 cm³/mol. The monoisotopic (exact) mass is 263 g/mol. The Morgan fingerprint density at radius 2 is 2.39 bits per heavy atom. The summed E-state index contributed by atoms with van der Waals surface area (Å²) in [4.78, 5) is 7.36. The van der Waals surface area contributed by atoms with E-state index in [1.807, 2.05) is 12.1 Å². The molecule has 98 valence electrons. The van der Waals surface area contributed by atoms with Gasteiger partial charge in [0, 0.05) is 24.3 Å². The van der Waals surface area contributed by atoms with Crippen LogP contribution in [0.1, 0.15) is 44.6 Å². The summed E-state index contributed by atoms with van der Waals surface area (Å²) < 4.78 is 0. The van der Waals surface area contributed by atoms with Crippen molar-refractivity contribution in [3.63, 3.8) is 0 Å². The first-order valence-corrected chi connectivity index (χ1v) is 7.15. The Balaban J connectivity index is 2.22. The van der Waals surface area contributed by atoms with Gasteiger partial charge in [-0.2, -0.15) is 0 Å². The van der Waals surface area contributed by atoms with Gasteiger partial charge in [0.05, 0.1) is 0 Å². The highest BCUT2D eigenvalue weighted by Gasteiger charge is 2.22. The summed E-state index contributed by atoms with van der Waals surface area (Å²) in [5.74, 6) is 1.03. The Labute approximate surface area is 114 Å². The van der Waals surface area contributed by atoms with E-state index >= 15 is 0 Å². The second-order valence-electron chi connectivity index (χ2n) is 4.90. The molecule has 1 saturated heterocycles. The molecule has 1 atom stereocenters. The number of hydrogen-bond donors (Lipinski definition) is 1. The molecule has 18 heavy (non-hydrogen) atoms. The number of piperidine rings is 1. The minimum Gasteiger partial charge on any atom is -0.389 e. The Morgan fingerprint density at radius 1 is 1.56 bits per heavy atom. The van der Waals surface area contributed by atoms with Crippen LogP contribution in [-0.2, 0) is 0 Å². The maximum Gasteiger partial charge on any atom is 0.129 e. The molecular formula is C14H21N3S. The average Bonchev–Trinajstić information content (AvgIpc) is 2.40. The third kappa shape index (κ3) is 2.99. The second kappa shape index (κ2) is 6.14. The molecule has 0 radical (unpaired) electrons. The van der Waals surface area contributed by atoms with E-state index < -0.39 is 0 Å². The normalized spacial score (nSPS) is 19.8. The minimum atomic E-state index is 0.447. The largest absolute Gasteiger partial charge is 0.389 e. The van der Waals surface area contributed by atoms with Crippen molar-refractivity contribution in [1.82, 2.24) is 4.98 Å². The van der Waals surface area contributed by atoms with E-state index in [0.29, 0.717) is 11.0 Å². The van der Waals surface area contributed by atoms with Crippen molar-refractivity contribution in [3.8, 4) is 0 Å². The molecule has 3 nitrogen and oxygen atoms in total. The van der Waals surface area contributed by atoms with E-state index in [2.05, 4.69) is 16.8 Å². The third-order valence-electron chi connectivity index (χ3n) is 3.57. The van der Waals surface area contributed by atoms with Crippen molar-refractivity contribution in [2.45, 2.75) is 45.1 Å². The van der Waals surface area contributed by atoms with E-state index in [1.165, 1.54) is 32.1 Å². The van der Waals surface area contributed by atoms with Crippen molar-refractivity contribution in [1.29, 1.82) is 0 Å². The minimum absolute atomic E-state index is 0.447. The molecule has 1 aromatic heterocycles. The highest BCUT2D eigenvalue weighted by molar-refractivity contribution is 7.80. The third-order valence-corrected chi connectivity index (χ3v) is 3.81. The number of aromatic nitrogens is 1. The lowest BCUT2D eigenvalue weighted by atomic mass is 9.98. The van der Waals surface area contributed by atoms with Gasteiger partial charge in [0.25, 0.3) is 0 Å². The van der Waals surface area contributed by atoms with Crippen molar-refractivity contribution in [2.75, 3.05) is 11.4 Å². The van der Waals surface area contributed by atoms with Crippen molar-refractivity contribution in [3.05, 3.63) is 23.9 Å². The fourth-order valence-corrected chi connectivity index (χ4v) is 2.79. The first-order chi connectivity index (χ1) is 8.72. The molecule has 1 aromatic rings. The summed E-state index contributed by atoms with van der Waals surface area (Å²) >= 11 is 5.04. The fraction of sp³-hybridized carbons (Fsp3) is 0.571. The zero-order valence-corrected chi connectivity index (χ0v) is 11.7. The lowest BCUT2D eigenvalue weighted by Gasteiger charge is -2.36. The molecule has 0 spiro atoms. The van der Waals surface area contributed by atoms with Crippen LogP contribution in [0.4, 0.5) is 5.82 Å². The van der Waals surface area contributed by atoms with E-state index in [1.54, 1.807) is 6.20 Å². The summed E-state index contributed by atoms with van der Waals surface area (Å²) in [7, 11) is 0. The fourth-order valence-electron chi connectivity index (χ4n) is 2.66. The van der Waals surface area contributed by atoms with Gasteiger partial charge in [-0.1, -0.05) is 25.6 Å². The summed E-state index contributed by atoms with van der Waals surface area (Å²) in [6.07, 6.45) is 8.11. The molecule has 0 amide bonds. The number of hydrogen-bond acceptors (Lipinski definition) is 3. The van der Waals surface area contributed by atoms with Crippen LogP contribution in [0.15, 0.2) is 18.3 Å². The highest BCUT2D eigenvalue weighted by atomic mass is 32.1. The maximum absolute atomic E-state index is 5.69. The lowest BCUT2D eigenvalue weighted by Crippen LogP contribution is -2.40. The van der Waals surface area contributed by atoms with Crippen LogP contribution in [0.3, 0.4) is 0 Å². The average molecular weight is 263 g/mol. The summed E-state index contributed by atoms with van der Waals surface area (Å²) in [6, 6.07) is 4.53. The number of pyridine rings is 1. The number of thiocarbonyl (C=S) groups is 1. The maximum atomic E-state index is 5.69. The molecule has 1 aliphatic rings. The molecule has 1 fully saturated rings. The lowest BCUT2D eigenvalue weighted by molar-refractivity contribution is 0.432. The second-order valence-corrected chi connectivity index (χ2v) is 5.34. The van der Waals surface area contributed by atoms with Gasteiger partial charge in [0.15, 0.2) is 0 Å². The van der Waals surface area contributed by atoms with E-state index in [-0.39, 0.29) is 0 Å². The van der Waals surface area contributed by atoms with Crippen LogP contribution >= 0.6 is 12.2 Å². The Morgan fingerprint density at radius 3 is 3.11 bits per heavy atom. The van der Waals surface area contributed by atoms with Crippen LogP contribution in [0.5, 0.6) is 0 Å². The zero-order chi connectivity index (χ0) is 13.0. The summed E-state index contributed by atoms with van der Waals surface area (Å²) in [5, 5.41) is 0. The molecule has 1 unspecified atom stereocenters. The quantitative estimate of drug-likeness (QED) is 0.848. The van der Waals surface area contributed by atoms with Crippen LogP contribution in [0.2, 0.25) is 0 Å². The Bertz CT molecular complexity index is 417. The molecular weight excluding hydrogens is 242 g/mol. The Hall–Kier alpha value is -1.16. The number of nitrogens with zero attached hydrogens (tertiary/aromatic N) is 2. The molecule has 2 N–H and O–H groups in total. The van der Waals surface area contributed by atoms with Crippen molar-refractivity contribution in [2.24, 2.45) is 5.73 Å². The predicted octanol–water partition coefficient (Wildman–Crippen LogP) is 2.87. The summed E-state index contributed by atoms with van der Waals surface area (Å²) in [5.41, 5.74) is 6.60. The number of rotatable bonds is 4. The molecule has 1 aliphatic heterocycles. The molecule has 0 bridgehead atoms. The van der Waals surface area contributed by atoms with Crippen LogP contribution in [0.25, 0.3) is 0 Å². The molecule has 2 rings (SSSR count). The molecule has 0 aliphatic carbocycles. The molecule has 4 heteroatoms. The SMILES string of the molecule is CCCC1CCCCN1c1cc(C(N)=S)ccn1. The molecule has 0 saturated carbocycles. The van der Waals surface area contributed by atoms with Crippen molar-refractivity contribution >= 4 is 23.0 Å². The van der Waals surface area contributed by atoms with Gasteiger partial charge in [-0.3, -0.25) is 0 Å². The number of anilines is 1. The van der Waals surface area contributed by atoms with E-state index in [4.69, 9.17) is 18.0 Å². The van der Waals surface area contributed by atoms with E-state index in [0.717, 1.165) is 17.9 Å². The van der Waals surface area contributed by atoms with E-state index in [9.17, 15) is 0 Å². The van der Waals surface area contributed by atoms with Crippen LogP contribution in [-0.4, -0.2) is 22.6 Å². The van der Waals surface area contributed by atoms with Gasteiger partial charge in [0.1, 0.15) is 10.8 Å². The highest BCUT2D eigenvalue weighted by Crippen LogP contribution is 2.26. The Kier molecular flexibility index (Phi) is 4.53. The standard InChI is InChI=1S/C14H21N3S/c1-2-5-12-6-3-4-9-17(12)13-10-11(14(15)18)7-8-16-13/h7-8,10,12H,2-6,9H2,1H3,(H2,15,18). The first-order valence-electron chi connectivity index (χ1n) is 6.75. The number of nitrogens with two attached hydrogens (primary N) is 1. The smallest absolute Gasteiger partial charge is 0.129 e. The van der Waals surface area contributed by atoms with Crippen LogP contribution < -0.4 is 10.6 Å². The summed E-state index contributed by atoms with van der Waals surface area (Å²) in [6.45, 7) is 3.34. The van der Waals surface area contributed by atoms with Gasteiger partial charge in [-0.05, 0) is 37.8 Å². The topological polar surface area (TPSA) is 42.1 Å². The van der Waals surface area contributed by atoms with Crippen molar-refractivity contribution < 1.29 is 0 Å². The van der Waals surface area contributed by atoms with Gasteiger partial charge in [0.2, 0.25) is 0 Å². The first kappa shape index (κ1) is 13.3.